The maximum absolute atomic E-state index is 13.0. The molecule has 2 aliphatic heterocycles. The average molecular weight is 395 g/mol. The fraction of sp³-hybridized carbons (Fsp3) is 0.400. The van der Waals surface area contributed by atoms with Crippen LogP contribution in [0.1, 0.15) is 11.4 Å². The third kappa shape index (κ3) is 2.92. The standard InChI is InChI=1S/C20H22N6OS/c1-13-22-18-15(12-21-24(18)2)19(23-13)25-7-9-26(10-8-25)20(27)17-11-14-5-3-4-6-16(14)28-17/h3-6,12,17H,7-11H2,1-2H3. The molecule has 8 heteroatoms. The van der Waals surface area contributed by atoms with Crippen molar-refractivity contribution in [3.05, 3.63) is 41.9 Å². The van der Waals surface area contributed by atoms with Gasteiger partial charge in [-0.1, -0.05) is 18.2 Å². The predicted octanol–water partition coefficient (Wildman–Crippen LogP) is 2.04. The fourth-order valence-electron chi connectivity index (χ4n) is 4.02. The molecule has 3 aromatic rings. The van der Waals surface area contributed by atoms with E-state index in [9.17, 15) is 4.79 Å². The summed E-state index contributed by atoms with van der Waals surface area (Å²) in [5.41, 5.74) is 2.14. The number of fused-ring (bicyclic) bond motifs is 2. The Hall–Kier alpha value is -2.61. The Kier molecular flexibility index (Phi) is 4.23. The molecule has 0 radical (unpaired) electrons. The molecule has 28 heavy (non-hydrogen) atoms. The van der Waals surface area contributed by atoms with Crippen molar-refractivity contribution >= 4 is 34.5 Å². The van der Waals surface area contributed by atoms with Gasteiger partial charge in [-0.3, -0.25) is 9.48 Å². The lowest BCUT2D eigenvalue weighted by Gasteiger charge is -2.36. The topological polar surface area (TPSA) is 67.2 Å². The van der Waals surface area contributed by atoms with E-state index in [4.69, 9.17) is 0 Å². The number of carbonyl (C=O) groups is 1. The number of anilines is 1. The van der Waals surface area contributed by atoms with Crippen LogP contribution in [-0.4, -0.2) is 62.0 Å². The van der Waals surface area contributed by atoms with Crippen LogP contribution in [0.4, 0.5) is 5.82 Å². The minimum absolute atomic E-state index is 0.00951. The van der Waals surface area contributed by atoms with Gasteiger partial charge in [0.05, 0.1) is 16.8 Å². The number of hydrogen-bond donors (Lipinski definition) is 0. The highest BCUT2D eigenvalue weighted by atomic mass is 32.2. The van der Waals surface area contributed by atoms with Gasteiger partial charge in [0.15, 0.2) is 5.65 Å². The molecule has 7 nitrogen and oxygen atoms in total. The van der Waals surface area contributed by atoms with E-state index in [-0.39, 0.29) is 11.2 Å². The average Bonchev–Trinajstić information content (AvgIpc) is 3.31. The van der Waals surface area contributed by atoms with Crippen molar-refractivity contribution in [3.8, 4) is 0 Å². The van der Waals surface area contributed by atoms with E-state index in [0.29, 0.717) is 0 Å². The van der Waals surface area contributed by atoms with E-state index < -0.39 is 0 Å². The van der Waals surface area contributed by atoms with Crippen LogP contribution in [0.25, 0.3) is 11.0 Å². The summed E-state index contributed by atoms with van der Waals surface area (Å²) in [6, 6.07) is 8.33. The zero-order chi connectivity index (χ0) is 19.3. The minimum atomic E-state index is 0.00951. The summed E-state index contributed by atoms with van der Waals surface area (Å²) >= 11 is 1.71. The molecule has 5 rings (SSSR count). The Balaban J connectivity index is 1.29. The first-order chi connectivity index (χ1) is 13.6. The molecule has 0 N–H and O–H groups in total. The van der Waals surface area contributed by atoms with E-state index in [0.717, 1.165) is 55.3 Å². The largest absolute Gasteiger partial charge is 0.352 e. The number of nitrogens with zero attached hydrogens (tertiary/aromatic N) is 6. The number of piperazine rings is 1. The van der Waals surface area contributed by atoms with Gasteiger partial charge in [0, 0.05) is 38.1 Å². The van der Waals surface area contributed by atoms with E-state index in [1.807, 2.05) is 37.2 Å². The SMILES string of the molecule is Cc1nc(N2CCN(C(=O)C3Cc4ccccc4S3)CC2)c2cnn(C)c2n1. The molecule has 4 heterocycles. The van der Waals surface area contributed by atoms with Gasteiger partial charge < -0.3 is 9.80 Å². The van der Waals surface area contributed by atoms with E-state index >= 15 is 0 Å². The lowest BCUT2D eigenvalue weighted by molar-refractivity contribution is -0.130. The Morgan fingerprint density at radius 2 is 1.93 bits per heavy atom. The number of thioether (sulfide) groups is 1. The van der Waals surface area contributed by atoms with Crippen molar-refractivity contribution in [1.29, 1.82) is 0 Å². The molecule has 1 unspecified atom stereocenters. The molecule has 0 spiro atoms. The Morgan fingerprint density at radius 3 is 2.71 bits per heavy atom. The second kappa shape index (κ2) is 6.77. The van der Waals surface area contributed by atoms with Gasteiger partial charge in [-0.2, -0.15) is 5.10 Å². The number of hydrogen-bond acceptors (Lipinski definition) is 6. The van der Waals surface area contributed by atoms with E-state index in [1.54, 1.807) is 16.4 Å². The lowest BCUT2D eigenvalue weighted by Crippen LogP contribution is -2.51. The van der Waals surface area contributed by atoms with Crippen LogP contribution in [-0.2, 0) is 18.3 Å². The van der Waals surface area contributed by atoms with Crippen molar-refractivity contribution in [2.24, 2.45) is 7.05 Å². The van der Waals surface area contributed by atoms with Crippen LogP contribution in [0.3, 0.4) is 0 Å². The summed E-state index contributed by atoms with van der Waals surface area (Å²) in [7, 11) is 1.90. The van der Waals surface area contributed by atoms with Crippen molar-refractivity contribution in [3.63, 3.8) is 0 Å². The molecule has 1 aromatic carbocycles. The second-order valence-corrected chi connectivity index (χ2v) is 8.58. The van der Waals surface area contributed by atoms with Crippen molar-refractivity contribution < 1.29 is 4.79 Å². The summed E-state index contributed by atoms with van der Waals surface area (Å²) in [6.07, 6.45) is 2.66. The molecule has 0 saturated carbocycles. The van der Waals surface area contributed by atoms with Crippen molar-refractivity contribution in [1.82, 2.24) is 24.6 Å². The molecule has 1 atom stereocenters. The number of aryl methyl sites for hydroxylation is 2. The molecule has 0 aliphatic carbocycles. The van der Waals surface area contributed by atoms with Crippen LogP contribution in [0.2, 0.25) is 0 Å². The summed E-state index contributed by atoms with van der Waals surface area (Å²) < 4.78 is 1.78. The van der Waals surface area contributed by atoms with Gasteiger partial charge >= 0.3 is 0 Å². The third-order valence-electron chi connectivity index (χ3n) is 5.50. The first-order valence-corrected chi connectivity index (χ1v) is 10.4. The molecule has 1 saturated heterocycles. The summed E-state index contributed by atoms with van der Waals surface area (Å²) in [5.74, 6) is 1.92. The van der Waals surface area contributed by atoms with Gasteiger partial charge in [-0.25, -0.2) is 9.97 Å². The van der Waals surface area contributed by atoms with Crippen molar-refractivity contribution in [2.75, 3.05) is 31.1 Å². The molecule has 144 valence electrons. The molecule has 2 aliphatic rings. The van der Waals surface area contributed by atoms with Crippen LogP contribution in [0.5, 0.6) is 0 Å². The Bertz CT molecular complexity index is 1030. The normalized spacial score (nSPS) is 19.3. The highest BCUT2D eigenvalue weighted by Crippen LogP contribution is 2.37. The van der Waals surface area contributed by atoms with Crippen LogP contribution < -0.4 is 4.90 Å². The van der Waals surface area contributed by atoms with Gasteiger partial charge in [0.2, 0.25) is 5.91 Å². The summed E-state index contributed by atoms with van der Waals surface area (Å²) in [5, 5.41) is 5.30. The summed E-state index contributed by atoms with van der Waals surface area (Å²) in [6.45, 7) is 4.89. The second-order valence-electron chi connectivity index (χ2n) is 7.33. The monoisotopic (exact) mass is 394 g/mol. The number of amides is 1. The number of aromatic nitrogens is 4. The third-order valence-corrected chi connectivity index (χ3v) is 6.80. The number of rotatable bonds is 2. The smallest absolute Gasteiger partial charge is 0.236 e. The molecular weight excluding hydrogens is 372 g/mol. The molecule has 1 fully saturated rings. The van der Waals surface area contributed by atoms with Crippen LogP contribution >= 0.6 is 11.8 Å². The molecule has 1 amide bonds. The van der Waals surface area contributed by atoms with Crippen molar-refractivity contribution in [2.45, 2.75) is 23.5 Å². The first-order valence-electron chi connectivity index (χ1n) is 9.55. The Morgan fingerprint density at radius 1 is 1.14 bits per heavy atom. The molecular formula is C20H22N6OS. The maximum Gasteiger partial charge on any atom is 0.236 e. The van der Waals surface area contributed by atoms with Crippen LogP contribution in [0, 0.1) is 6.92 Å². The quantitative estimate of drug-likeness (QED) is 0.663. The zero-order valence-corrected chi connectivity index (χ0v) is 16.8. The number of carbonyl (C=O) groups excluding carboxylic acids is 1. The lowest BCUT2D eigenvalue weighted by atomic mass is 10.1. The number of benzene rings is 1. The van der Waals surface area contributed by atoms with Gasteiger partial charge in [-0.15, -0.1) is 11.8 Å². The first kappa shape index (κ1) is 17.5. The minimum Gasteiger partial charge on any atom is -0.352 e. The zero-order valence-electron chi connectivity index (χ0n) is 16.0. The highest BCUT2D eigenvalue weighted by molar-refractivity contribution is 8.01. The van der Waals surface area contributed by atoms with Gasteiger partial charge in [-0.05, 0) is 25.0 Å². The fourth-order valence-corrected chi connectivity index (χ4v) is 5.30. The highest BCUT2D eigenvalue weighted by Gasteiger charge is 2.33. The van der Waals surface area contributed by atoms with Gasteiger partial charge in [0.25, 0.3) is 0 Å². The molecule has 0 bridgehead atoms. The van der Waals surface area contributed by atoms with Crippen LogP contribution in [0.15, 0.2) is 35.4 Å². The van der Waals surface area contributed by atoms with E-state index in [1.165, 1.54) is 10.5 Å². The predicted molar refractivity (Wildman–Crippen MR) is 110 cm³/mol. The van der Waals surface area contributed by atoms with Gasteiger partial charge in [0.1, 0.15) is 11.6 Å². The maximum atomic E-state index is 13.0. The van der Waals surface area contributed by atoms with E-state index in [2.05, 4.69) is 32.1 Å². The molecule has 2 aromatic heterocycles. The summed E-state index contributed by atoms with van der Waals surface area (Å²) in [4.78, 5) is 27.7. The Labute approximate surface area is 167 Å².